The van der Waals surface area contributed by atoms with Crippen molar-refractivity contribution in [2.24, 2.45) is 5.73 Å². The Labute approximate surface area is 81.7 Å². The number of nitrogens with two attached hydrogens (primary N) is 1. The van der Waals surface area contributed by atoms with Crippen LogP contribution in [0.25, 0.3) is 0 Å². The number of amides is 1. The average Bonchev–Trinajstić information content (AvgIpc) is 2.18. The van der Waals surface area contributed by atoms with Crippen LogP contribution in [-0.4, -0.2) is 19.3 Å². The van der Waals surface area contributed by atoms with Crippen molar-refractivity contribution in [3.63, 3.8) is 0 Å². The Hall–Kier alpha value is -1.68. The van der Waals surface area contributed by atoms with E-state index in [9.17, 15) is 9.59 Å². The first-order valence-corrected chi connectivity index (χ1v) is 4.06. The van der Waals surface area contributed by atoms with Crippen molar-refractivity contribution >= 4 is 12.2 Å². The summed E-state index contributed by atoms with van der Waals surface area (Å²) in [6, 6.07) is 4.84. The molecule has 74 valence electrons. The summed E-state index contributed by atoms with van der Waals surface area (Å²) in [4.78, 5) is 21.5. The zero-order chi connectivity index (χ0) is 10.6. The standard InChI is InChI=1S/C10H11NO3/c1-14-6-7-2-3-8(5-12)9(4-7)10(11)13/h2-5H,6H2,1H3,(H2,11,13). The SMILES string of the molecule is COCc1ccc(C=O)c(C(N)=O)c1. The van der Waals surface area contributed by atoms with Crippen LogP contribution in [-0.2, 0) is 11.3 Å². The van der Waals surface area contributed by atoms with Crippen molar-refractivity contribution in [2.75, 3.05) is 7.11 Å². The van der Waals surface area contributed by atoms with Gasteiger partial charge in [-0.25, -0.2) is 0 Å². The van der Waals surface area contributed by atoms with E-state index >= 15 is 0 Å². The quantitative estimate of drug-likeness (QED) is 0.717. The van der Waals surface area contributed by atoms with E-state index in [1.165, 1.54) is 0 Å². The van der Waals surface area contributed by atoms with Crippen LogP contribution in [0.15, 0.2) is 18.2 Å². The summed E-state index contributed by atoms with van der Waals surface area (Å²) in [5, 5.41) is 0. The van der Waals surface area contributed by atoms with Crippen LogP contribution in [0.5, 0.6) is 0 Å². The van der Waals surface area contributed by atoms with Crippen LogP contribution in [0.4, 0.5) is 0 Å². The molecule has 0 aliphatic carbocycles. The summed E-state index contributed by atoms with van der Waals surface area (Å²) in [6.45, 7) is 0.388. The number of rotatable bonds is 4. The molecule has 0 aliphatic rings. The van der Waals surface area contributed by atoms with E-state index in [0.717, 1.165) is 5.56 Å². The molecular formula is C10H11NO3. The van der Waals surface area contributed by atoms with Gasteiger partial charge in [0, 0.05) is 18.2 Å². The van der Waals surface area contributed by atoms with E-state index in [4.69, 9.17) is 10.5 Å². The van der Waals surface area contributed by atoms with Crippen LogP contribution < -0.4 is 5.73 Å². The molecule has 0 aliphatic heterocycles. The highest BCUT2D eigenvalue weighted by molar-refractivity contribution is 6.00. The van der Waals surface area contributed by atoms with Crippen LogP contribution in [0.3, 0.4) is 0 Å². The lowest BCUT2D eigenvalue weighted by Crippen LogP contribution is -2.14. The molecule has 0 spiro atoms. The summed E-state index contributed by atoms with van der Waals surface area (Å²) in [7, 11) is 1.55. The first-order valence-electron chi connectivity index (χ1n) is 4.06. The van der Waals surface area contributed by atoms with Gasteiger partial charge in [0.25, 0.3) is 0 Å². The molecule has 4 nitrogen and oxygen atoms in total. The number of carbonyl (C=O) groups is 2. The van der Waals surface area contributed by atoms with Crippen molar-refractivity contribution in [3.05, 3.63) is 34.9 Å². The number of aldehydes is 1. The molecule has 0 heterocycles. The molecule has 1 aromatic carbocycles. The number of benzene rings is 1. The Balaban J connectivity index is 3.13. The van der Waals surface area contributed by atoms with E-state index in [1.807, 2.05) is 0 Å². The monoisotopic (exact) mass is 193 g/mol. The molecule has 0 radical (unpaired) electrons. The lowest BCUT2D eigenvalue weighted by Gasteiger charge is -2.04. The van der Waals surface area contributed by atoms with Gasteiger partial charge in [-0.3, -0.25) is 9.59 Å². The van der Waals surface area contributed by atoms with Crippen molar-refractivity contribution in [1.82, 2.24) is 0 Å². The van der Waals surface area contributed by atoms with Crippen LogP contribution >= 0.6 is 0 Å². The maximum absolute atomic E-state index is 11.0. The Morgan fingerprint density at radius 1 is 1.57 bits per heavy atom. The van der Waals surface area contributed by atoms with E-state index in [-0.39, 0.29) is 5.56 Å². The zero-order valence-corrected chi connectivity index (χ0v) is 7.82. The van der Waals surface area contributed by atoms with E-state index in [2.05, 4.69) is 0 Å². The van der Waals surface area contributed by atoms with Crippen molar-refractivity contribution in [2.45, 2.75) is 6.61 Å². The second-order valence-corrected chi connectivity index (χ2v) is 2.84. The third-order valence-electron chi connectivity index (χ3n) is 1.82. The summed E-state index contributed by atoms with van der Waals surface area (Å²) < 4.78 is 4.90. The lowest BCUT2D eigenvalue weighted by atomic mass is 10.0. The average molecular weight is 193 g/mol. The Morgan fingerprint density at radius 3 is 2.79 bits per heavy atom. The molecule has 0 unspecified atom stereocenters. The second-order valence-electron chi connectivity index (χ2n) is 2.84. The molecule has 0 fully saturated rings. The molecule has 2 N–H and O–H groups in total. The van der Waals surface area contributed by atoms with Gasteiger partial charge in [0.05, 0.1) is 6.61 Å². The third kappa shape index (κ3) is 2.17. The molecular weight excluding hydrogens is 182 g/mol. The van der Waals surface area contributed by atoms with Crippen LogP contribution in [0.1, 0.15) is 26.3 Å². The van der Waals surface area contributed by atoms with Gasteiger partial charge in [0.15, 0.2) is 6.29 Å². The van der Waals surface area contributed by atoms with Gasteiger partial charge in [-0.05, 0) is 11.6 Å². The fourth-order valence-corrected chi connectivity index (χ4v) is 1.18. The number of hydrogen-bond donors (Lipinski definition) is 1. The molecule has 0 atom stereocenters. The molecule has 0 bridgehead atoms. The molecule has 1 amide bonds. The largest absolute Gasteiger partial charge is 0.380 e. The lowest BCUT2D eigenvalue weighted by molar-refractivity contribution is 0.0992. The fraction of sp³-hybridized carbons (Fsp3) is 0.200. The molecule has 0 saturated heterocycles. The molecule has 1 aromatic rings. The van der Waals surface area contributed by atoms with E-state index in [1.54, 1.807) is 25.3 Å². The number of carbonyl (C=O) groups excluding carboxylic acids is 2. The van der Waals surface area contributed by atoms with Gasteiger partial charge in [-0.1, -0.05) is 12.1 Å². The van der Waals surface area contributed by atoms with Crippen molar-refractivity contribution in [1.29, 1.82) is 0 Å². The summed E-state index contributed by atoms with van der Waals surface area (Å²) in [6.07, 6.45) is 0.608. The Kier molecular flexibility index (Phi) is 3.36. The number of hydrogen-bond acceptors (Lipinski definition) is 3. The number of methoxy groups -OCH3 is 1. The molecule has 1 rings (SSSR count). The highest BCUT2D eigenvalue weighted by Crippen LogP contribution is 2.10. The maximum Gasteiger partial charge on any atom is 0.249 e. The van der Waals surface area contributed by atoms with Gasteiger partial charge in [-0.15, -0.1) is 0 Å². The highest BCUT2D eigenvalue weighted by atomic mass is 16.5. The van der Waals surface area contributed by atoms with Gasteiger partial charge < -0.3 is 10.5 Å². The number of primary amides is 1. The molecule has 0 aromatic heterocycles. The summed E-state index contributed by atoms with van der Waals surface area (Å²) in [5.74, 6) is -0.606. The predicted octanol–water partition coefficient (Wildman–Crippen LogP) is 0.744. The molecule has 0 saturated carbocycles. The summed E-state index contributed by atoms with van der Waals surface area (Å²) >= 11 is 0. The second kappa shape index (κ2) is 4.53. The maximum atomic E-state index is 11.0. The van der Waals surface area contributed by atoms with Crippen molar-refractivity contribution < 1.29 is 14.3 Å². The predicted molar refractivity (Wildman–Crippen MR) is 51.1 cm³/mol. The molecule has 4 heteroatoms. The minimum absolute atomic E-state index is 0.231. The number of ether oxygens (including phenoxy) is 1. The Morgan fingerprint density at radius 2 is 2.29 bits per heavy atom. The van der Waals surface area contributed by atoms with E-state index in [0.29, 0.717) is 18.5 Å². The third-order valence-corrected chi connectivity index (χ3v) is 1.82. The fourth-order valence-electron chi connectivity index (χ4n) is 1.18. The first-order chi connectivity index (χ1) is 6.69. The first kappa shape index (κ1) is 10.4. The smallest absolute Gasteiger partial charge is 0.249 e. The van der Waals surface area contributed by atoms with Crippen molar-refractivity contribution in [3.8, 4) is 0 Å². The zero-order valence-electron chi connectivity index (χ0n) is 7.82. The van der Waals surface area contributed by atoms with E-state index < -0.39 is 5.91 Å². The van der Waals surface area contributed by atoms with Crippen LogP contribution in [0, 0.1) is 0 Å². The van der Waals surface area contributed by atoms with Gasteiger partial charge in [-0.2, -0.15) is 0 Å². The molecule has 14 heavy (non-hydrogen) atoms. The van der Waals surface area contributed by atoms with Crippen LogP contribution in [0.2, 0.25) is 0 Å². The van der Waals surface area contributed by atoms with Gasteiger partial charge in [0.1, 0.15) is 0 Å². The Bertz CT molecular complexity index is 360. The minimum Gasteiger partial charge on any atom is -0.380 e. The highest BCUT2D eigenvalue weighted by Gasteiger charge is 2.08. The summed E-state index contributed by atoms with van der Waals surface area (Å²) in [5.41, 5.74) is 6.46. The topological polar surface area (TPSA) is 69.4 Å². The normalized spacial score (nSPS) is 9.79. The van der Waals surface area contributed by atoms with Gasteiger partial charge >= 0.3 is 0 Å². The van der Waals surface area contributed by atoms with Gasteiger partial charge in [0.2, 0.25) is 5.91 Å². The minimum atomic E-state index is -0.606.